The number of nitrogens with zero attached hydrogens (tertiary/aromatic N) is 1. The van der Waals surface area contributed by atoms with Crippen LogP contribution >= 0.6 is 23.2 Å². The minimum atomic E-state index is -3.72. The summed E-state index contributed by atoms with van der Waals surface area (Å²) in [7, 11) is -2.09. The second-order valence-electron chi connectivity index (χ2n) is 6.21. The van der Waals surface area contributed by atoms with E-state index in [0.717, 1.165) is 5.56 Å². The molecule has 0 heterocycles. The number of sulfonamides is 1. The quantitative estimate of drug-likeness (QED) is 0.777. The zero-order valence-electron chi connectivity index (χ0n) is 14.7. The van der Waals surface area contributed by atoms with Crippen molar-refractivity contribution >= 4 is 39.1 Å². The predicted molar refractivity (Wildman–Crippen MR) is 104 cm³/mol. The summed E-state index contributed by atoms with van der Waals surface area (Å²) in [5.74, 6) is -0.369. The Morgan fingerprint density at radius 2 is 1.73 bits per heavy atom. The van der Waals surface area contributed by atoms with Gasteiger partial charge in [0.15, 0.2) is 0 Å². The van der Waals surface area contributed by atoms with Crippen molar-refractivity contribution in [1.82, 2.24) is 9.62 Å². The fourth-order valence-corrected chi connectivity index (χ4v) is 3.96. The molecule has 0 atom stereocenters. The number of carbonyl (C=O) groups excluding carboxylic acids is 1. The first-order valence-corrected chi connectivity index (χ1v) is 10.2. The first-order chi connectivity index (χ1) is 12.1. The number of benzene rings is 2. The maximum Gasteiger partial charge on any atom is 0.255 e. The standard InChI is InChI=1S/C18H20Cl2N2O3S/c1-12(2)21-26(24,25)15-8-9-17(20)16(10-15)18(23)22(3)11-13-4-6-14(19)7-5-13/h4-10,12,21H,11H2,1-3H3. The Morgan fingerprint density at radius 3 is 2.31 bits per heavy atom. The zero-order chi connectivity index (χ0) is 19.5. The summed E-state index contributed by atoms with van der Waals surface area (Å²) < 4.78 is 27.1. The van der Waals surface area contributed by atoms with Crippen molar-refractivity contribution in [2.24, 2.45) is 0 Å². The molecule has 0 unspecified atom stereocenters. The number of halogens is 2. The Bertz CT molecular complexity index is 897. The van der Waals surface area contributed by atoms with Crippen LogP contribution in [0, 0.1) is 0 Å². The van der Waals surface area contributed by atoms with Gasteiger partial charge in [0.2, 0.25) is 10.0 Å². The number of hydrogen-bond donors (Lipinski definition) is 1. The molecule has 0 saturated heterocycles. The van der Waals surface area contributed by atoms with Crippen LogP contribution in [0.1, 0.15) is 29.8 Å². The Labute approximate surface area is 164 Å². The lowest BCUT2D eigenvalue weighted by molar-refractivity contribution is 0.0785. The largest absolute Gasteiger partial charge is 0.337 e. The van der Waals surface area contributed by atoms with Crippen LogP contribution in [0.25, 0.3) is 0 Å². The summed E-state index contributed by atoms with van der Waals surface area (Å²) >= 11 is 12.0. The molecule has 0 bridgehead atoms. The van der Waals surface area contributed by atoms with Crippen LogP contribution in [-0.2, 0) is 16.6 Å². The minimum absolute atomic E-state index is 0.00107. The van der Waals surface area contributed by atoms with Gasteiger partial charge in [0.25, 0.3) is 5.91 Å². The van der Waals surface area contributed by atoms with Gasteiger partial charge in [0.05, 0.1) is 15.5 Å². The average molecular weight is 415 g/mol. The number of nitrogens with one attached hydrogen (secondary N) is 1. The van der Waals surface area contributed by atoms with E-state index in [4.69, 9.17) is 23.2 Å². The minimum Gasteiger partial charge on any atom is -0.337 e. The first kappa shape index (κ1) is 20.7. The number of amides is 1. The van der Waals surface area contributed by atoms with E-state index < -0.39 is 10.0 Å². The molecule has 0 saturated carbocycles. The second-order valence-corrected chi connectivity index (χ2v) is 8.76. The fourth-order valence-electron chi connectivity index (χ4n) is 2.35. The van der Waals surface area contributed by atoms with Crippen molar-refractivity contribution in [1.29, 1.82) is 0 Å². The molecular formula is C18H20Cl2N2O3S. The van der Waals surface area contributed by atoms with Crippen molar-refractivity contribution in [2.75, 3.05) is 7.05 Å². The normalized spacial score (nSPS) is 11.6. The average Bonchev–Trinajstić information content (AvgIpc) is 2.55. The molecule has 2 aromatic carbocycles. The summed E-state index contributed by atoms with van der Waals surface area (Å²) in [5.41, 5.74) is 1.03. The van der Waals surface area contributed by atoms with Crippen LogP contribution in [-0.4, -0.2) is 32.3 Å². The van der Waals surface area contributed by atoms with Crippen LogP contribution in [0.2, 0.25) is 10.0 Å². The number of rotatable bonds is 6. The highest BCUT2D eigenvalue weighted by Gasteiger charge is 2.21. The summed E-state index contributed by atoms with van der Waals surface area (Å²) in [6.45, 7) is 3.78. The second kappa shape index (κ2) is 8.39. The summed E-state index contributed by atoms with van der Waals surface area (Å²) in [6.07, 6.45) is 0. The third-order valence-corrected chi connectivity index (χ3v) is 5.79. The van der Waals surface area contributed by atoms with Gasteiger partial charge in [-0.3, -0.25) is 4.79 Å². The first-order valence-electron chi connectivity index (χ1n) is 7.92. The van der Waals surface area contributed by atoms with Gasteiger partial charge in [-0.05, 0) is 49.7 Å². The van der Waals surface area contributed by atoms with Gasteiger partial charge in [-0.25, -0.2) is 13.1 Å². The lowest BCUT2D eigenvalue weighted by Crippen LogP contribution is -2.31. The molecule has 26 heavy (non-hydrogen) atoms. The molecule has 0 aliphatic rings. The number of carbonyl (C=O) groups is 1. The van der Waals surface area contributed by atoms with Crippen molar-refractivity contribution in [3.05, 3.63) is 63.6 Å². The Hall–Kier alpha value is -1.60. The highest BCUT2D eigenvalue weighted by atomic mass is 35.5. The Balaban J connectivity index is 2.27. The maximum absolute atomic E-state index is 12.7. The Kier molecular flexibility index (Phi) is 6.69. The molecule has 2 aromatic rings. The van der Waals surface area contributed by atoms with E-state index in [9.17, 15) is 13.2 Å². The van der Waals surface area contributed by atoms with E-state index in [-0.39, 0.29) is 27.4 Å². The highest BCUT2D eigenvalue weighted by molar-refractivity contribution is 7.89. The molecule has 1 amide bonds. The van der Waals surface area contributed by atoms with Crippen molar-refractivity contribution in [3.8, 4) is 0 Å². The third-order valence-electron chi connectivity index (χ3n) is 3.55. The number of hydrogen-bond acceptors (Lipinski definition) is 3. The van der Waals surface area contributed by atoms with Gasteiger partial charge >= 0.3 is 0 Å². The van der Waals surface area contributed by atoms with Crippen LogP contribution < -0.4 is 4.72 Å². The summed E-state index contributed by atoms with van der Waals surface area (Å²) in [5, 5.41) is 0.808. The van der Waals surface area contributed by atoms with Crippen LogP contribution in [0.15, 0.2) is 47.4 Å². The SMILES string of the molecule is CC(C)NS(=O)(=O)c1ccc(Cl)c(C(=O)N(C)Cc2ccc(Cl)cc2)c1. The van der Waals surface area contributed by atoms with E-state index >= 15 is 0 Å². The van der Waals surface area contributed by atoms with Gasteiger partial charge < -0.3 is 4.90 Å². The lowest BCUT2D eigenvalue weighted by Gasteiger charge is -2.19. The maximum atomic E-state index is 12.7. The molecule has 0 spiro atoms. The molecule has 0 aliphatic heterocycles. The van der Waals surface area contributed by atoms with Gasteiger partial charge in [0, 0.05) is 24.7 Å². The molecule has 0 aromatic heterocycles. The molecule has 0 fully saturated rings. The zero-order valence-corrected chi connectivity index (χ0v) is 17.0. The molecule has 0 radical (unpaired) electrons. The van der Waals surface area contributed by atoms with Crippen LogP contribution in [0.3, 0.4) is 0 Å². The van der Waals surface area contributed by atoms with Gasteiger partial charge in [-0.15, -0.1) is 0 Å². The molecule has 2 rings (SSSR count). The molecule has 8 heteroatoms. The monoisotopic (exact) mass is 414 g/mol. The van der Waals surface area contributed by atoms with Gasteiger partial charge in [-0.1, -0.05) is 35.3 Å². The fraction of sp³-hybridized carbons (Fsp3) is 0.278. The highest BCUT2D eigenvalue weighted by Crippen LogP contribution is 2.23. The third kappa shape index (κ3) is 5.20. The van der Waals surface area contributed by atoms with Crippen molar-refractivity contribution in [2.45, 2.75) is 31.3 Å². The van der Waals surface area contributed by atoms with E-state index in [1.807, 2.05) is 12.1 Å². The molecule has 0 aliphatic carbocycles. The van der Waals surface area contributed by atoms with E-state index in [1.54, 1.807) is 33.0 Å². The van der Waals surface area contributed by atoms with Gasteiger partial charge in [-0.2, -0.15) is 0 Å². The summed E-state index contributed by atoms with van der Waals surface area (Å²) in [4.78, 5) is 14.2. The van der Waals surface area contributed by atoms with Crippen molar-refractivity contribution < 1.29 is 13.2 Å². The summed E-state index contributed by atoms with van der Waals surface area (Å²) in [6, 6.07) is 11.0. The smallest absolute Gasteiger partial charge is 0.255 e. The van der Waals surface area contributed by atoms with E-state index in [0.29, 0.717) is 11.6 Å². The molecule has 5 nitrogen and oxygen atoms in total. The molecular weight excluding hydrogens is 395 g/mol. The lowest BCUT2D eigenvalue weighted by atomic mass is 10.1. The topological polar surface area (TPSA) is 66.5 Å². The van der Waals surface area contributed by atoms with Crippen LogP contribution in [0.5, 0.6) is 0 Å². The van der Waals surface area contributed by atoms with Crippen molar-refractivity contribution in [3.63, 3.8) is 0 Å². The Morgan fingerprint density at radius 1 is 1.12 bits per heavy atom. The van der Waals surface area contributed by atoms with E-state index in [2.05, 4.69) is 4.72 Å². The van der Waals surface area contributed by atoms with E-state index in [1.165, 1.54) is 23.1 Å². The molecule has 140 valence electrons. The van der Waals surface area contributed by atoms with Gasteiger partial charge in [0.1, 0.15) is 0 Å². The van der Waals surface area contributed by atoms with Crippen LogP contribution in [0.4, 0.5) is 0 Å². The predicted octanol–water partition coefficient (Wildman–Crippen LogP) is 3.95. The molecule has 1 N–H and O–H groups in total.